The van der Waals surface area contributed by atoms with Crippen LogP contribution in [0, 0.1) is 6.92 Å². The molecule has 8 heteroatoms. The molecule has 4 rings (SSSR count). The van der Waals surface area contributed by atoms with E-state index in [1.165, 1.54) is 6.26 Å². The third-order valence-corrected chi connectivity index (χ3v) is 4.56. The van der Waals surface area contributed by atoms with E-state index in [1.54, 1.807) is 10.9 Å². The summed E-state index contributed by atoms with van der Waals surface area (Å²) in [5.41, 5.74) is 1.80. The Morgan fingerprint density at radius 2 is 2.20 bits per heavy atom. The van der Waals surface area contributed by atoms with Crippen molar-refractivity contribution in [1.29, 1.82) is 0 Å². The molecule has 1 amide bonds. The van der Waals surface area contributed by atoms with Crippen LogP contribution >= 0.6 is 0 Å². The first-order valence-corrected chi connectivity index (χ1v) is 8.24. The zero-order chi connectivity index (χ0) is 17.6. The highest BCUT2D eigenvalue weighted by molar-refractivity contribution is 6.08. The number of aromatic nitrogens is 4. The predicted octanol–water partition coefficient (Wildman–Crippen LogP) is 2.16. The molecule has 0 aromatic carbocycles. The van der Waals surface area contributed by atoms with E-state index >= 15 is 0 Å². The number of fused-ring (bicyclic) bond motifs is 1. The highest BCUT2D eigenvalue weighted by Crippen LogP contribution is 2.39. The van der Waals surface area contributed by atoms with E-state index in [9.17, 15) is 4.79 Å². The molecule has 3 aromatic heterocycles. The summed E-state index contributed by atoms with van der Waals surface area (Å²) in [7, 11) is 1.84. The summed E-state index contributed by atoms with van der Waals surface area (Å²) >= 11 is 0. The van der Waals surface area contributed by atoms with Crippen LogP contribution < -0.4 is 10.6 Å². The molecule has 25 heavy (non-hydrogen) atoms. The van der Waals surface area contributed by atoms with Crippen LogP contribution in [0.25, 0.3) is 11.1 Å². The summed E-state index contributed by atoms with van der Waals surface area (Å²) in [6.07, 6.45) is 5.30. The monoisotopic (exact) mass is 340 g/mol. The molecule has 3 heterocycles. The fourth-order valence-corrected chi connectivity index (χ4v) is 2.75. The maximum Gasteiger partial charge on any atom is 0.255 e. The fraction of sp³-hybridized carbons (Fsp3) is 0.412. The Hall–Kier alpha value is -2.90. The summed E-state index contributed by atoms with van der Waals surface area (Å²) in [6.45, 7) is 4.33. The van der Waals surface area contributed by atoms with E-state index in [4.69, 9.17) is 4.42 Å². The van der Waals surface area contributed by atoms with E-state index < -0.39 is 0 Å². The third kappa shape index (κ3) is 2.95. The summed E-state index contributed by atoms with van der Waals surface area (Å²) in [5.74, 6) is 1.04. The molecular weight excluding hydrogens is 320 g/mol. The third-order valence-electron chi connectivity index (χ3n) is 4.56. The molecule has 0 saturated heterocycles. The molecule has 3 aromatic rings. The highest BCUT2D eigenvalue weighted by atomic mass is 16.3. The van der Waals surface area contributed by atoms with E-state index in [2.05, 4.69) is 32.6 Å². The first-order valence-electron chi connectivity index (χ1n) is 8.24. The van der Waals surface area contributed by atoms with Gasteiger partial charge in [-0.25, -0.2) is 4.98 Å². The Morgan fingerprint density at radius 3 is 2.88 bits per heavy atom. The molecular formula is C17H20N6O2. The minimum atomic E-state index is -0.226. The van der Waals surface area contributed by atoms with E-state index in [0.29, 0.717) is 34.9 Å². The standard InChI is InChI=1S/C17H20N6O2/c1-10-20-14(22-17(2)5-6-17)13-12(9-25-16(13)21-10)15(24)18-8-11-4-7-19-23(11)3/h4,7,9H,5-6,8H2,1-3H3,(H,18,24)(H,20,21,22). The first kappa shape index (κ1) is 15.6. The van der Waals surface area contributed by atoms with Gasteiger partial charge in [0.05, 0.1) is 23.2 Å². The van der Waals surface area contributed by atoms with Crippen LogP contribution in [0.1, 0.15) is 41.6 Å². The summed E-state index contributed by atoms with van der Waals surface area (Å²) < 4.78 is 7.24. The molecule has 130 valence electrons. The molecule has 1 saturated carbocycles. The molecule has 0 radical (unpaired) electrons. The van der Waals surface area contributed by atoms with Crippen LogP contribution in [0.2, 0.25) is 0 Å². The Morgan fingerprint density at radius 1 is 1.40 bits per heavy atom. The van der Waals surface area contributed by atoms with Crippen molar-refractivity contribution in [1.82, 2.24) is 25.1 Å². The smallest absolute Gasteiger partial charge is 0.255 e. The number of anilines is 1. The minimum Gasteiger partial charge on any atom is -0.445 e. The molecule has 0 atom stereocenters. The second-order valence-electron chi connectivity index (χ2n) is 6.76. The quantitative estimate of drug-likeness (QED) is 0.738. The molecule has 0 bridgehead atoms. The van der Waals surface area contributed by atoms with Crippen molar-refractivity contribution in [2.45, 2.75) is 38.8 Å². The van der Waals surface area contributed by atoms with Gasteiger partial charge >= 0.3 is 0 Å². The van der Waals surface area contributed by atoms with E-state index in [1.807, 2.05) is 20.0 Å². The maximum absolute atomic E-state index is 12.7. The minimum absolute atomic E-state index is 0.0352. The van der Waals surface area contributed by atoms with Crippen LogP contribution in [0.3, 0.4) is 0 Å². The lowest BCUT2D eigenvalue weighted by atomic mass is 10.2. The number of amides is 1. The molecule has 8 nitrogen and oxygen atoms in total. The van der Waals surface area contributed by atoms with Crippen molar-refractivity contribution in [3.63, 3.8) is 0 Å². The van der Waals surface area contributed by atoms with Crippen molar-refractivity contribution in [2.24, 2.45) is 7.05 Å². The number of carbonyl (C=O) groups excluding carboxylic acids is 1. The zero-order valence-corrected chi connectivity index (χ0v) is 14.5. The second-order valence-corrected chi connectivity index (χ2v) is 6.76. The number of aryl methyl sites for hydroxylation is 2. The molecule has 1 aliphatic rings. The number of furan rings is 1. The Balaban J connectivity index is 1.64. The van der Waals surface area contributed by atoms with E-state index in [0.717, 1.165) is 18.5 Å². The van der Waals surface area contributed by atoms with Crippen molar-refractivity contribution < 1.29 is 9.21 Å². The van der Waals surface area contributed by atoms with Crippen molar-refractivity contribution in [2.75, 3.05) is 5.32 Å². The van der Waals surface area contributed by atoms with Gasteiger partial charge in [0.15, 0.2) is 0 Å². The predicted molar refractivity (Wildman–Crippen MR) is 92.2 cm³/mol. The SMILES string of the molecule is Cc1nc(NC2(C)CC2)c2c(C(=O)NCc3ccnn3C)coc2n1. The molecule has 0 spiro atoms. The van der Waals surface area contributed by atoms with Crippen LogP contribution in [0.5, 0.6) is 0 Å². The van der Waals surface area contributed by atoms with Crippen molar-refractivity contribution in [3.8, 4) is 0 Å². The van der Waals surface area contributed by atoms with Crippen LogP contribution in [0.15, 0.2) is 22.9 Å². The largest absolute Gasteiger partial charge is 0.445 e. The molecule has 0 aliphatic heterocycles. The van der Waals surface area contributed by atoms with Gasteiger partial charge in [-0.05, 0) is 32.8 Å². The van der Waals surface area contributed by atoms with Gasteiger partial charge in [-0.1, -0.05) is 0 Å². The lowest BCUT2D eigenvalue weighted by Gasteiger charge is -2.14. The second kappa shape index (κ2) is 5.58. The fourth-order valence-electron chi connectivity index (χ4n) is 2.75. The number of nitrogens with zero attached hydrogens (tertiary/aromatic N) is 4. The number of hydrogen-bond donors (Lipinski definition) is 2. The molecule has 2 N–H and O–H groups in total. The van der Waals surface area contributed by atoms with Gasteiger partial charge in [0.1, 0.15) is 17.9 Å². The zero-order valence-electron chi connectivity index (χ0n) is 14.5. The van der Waals surface area contributed by atoms with Gasteiger partial charge in [0.25, 0.3) is 5.91 Å². The number of carbonyl (C=O) groups is 1. The number of hydrogen-bond acceptors (Lipinski definition) is 6. The lowest BCUT2D eigenvalue weighted by molar-refractivity contribution is 0.0951. The highest BCUT2D eigenvalue weighted by Gasteiger charge is 2.38. The summed E-state index contributed by atoms with van der Waals surface area (Å²) in [6, 6.07) is 1.86. The number of rotatable bonds is 5. The van der Waals surface area contributed by atoms with Gasteiger partial charge in [-0.2, -0.15) is 10.1 Å². The average molecular weight is 340 g/mol. The first-order chi connectivity index (χ1) is 12.0. The van der Waals surface area contributed by atoms with Gasteiger partial charge in [-0.15, -0.1) is 0 Å². The molecule has 1 fully saturated rings. The maximum atomic E-state index is 12.7. The van der Waals surface area contributed by atoms with Crippen LogP contribution in [-0.2, 0) is 13.6 Å². The van der Waals surface area contributed by atoms with Crippen molar-refractivity contribution >= 4 is 22.8 Å². The summed E-state index contributed by atoms with van der Waals surface area (Å²) in [5, 5.41) is 11.0. The van der Waals surface area contributed by atoms with Gasteiger partial charge in [0.2, 0.25) is 5.71 Å². The van der Waals surface area contributed by atoms with Gasteiger partial charge < -0.3 is 15.1 Å². The lowest BCUT2D eigenvalue weighted by Crippen LogP contribution is -2.24. The topological polar surface area (TPSA) is 97.9 Å². The van der Waals surface area contributed by atoms with Crippen molar-refractivity contribution in [3.05, 3.63) is 35.6 Å². The van der Waals surface area contributed by atoms with Crippen LogP contribution in [-0.4, -0.2) is 31.2 Å². The van der Waals surface area contributed by atoms with Crippen LogP contribution in [0.4, 0.5) is 5.82 Å². The molecule has 1 aliphatic carbocycles. The Labute approximate surface area is 144 Å². The van der Waals surface area contributed by atoms with Gasteiger partial charge in [-0.3, -0.25) is 9.48 Å². The Bertz CT molecular complexity index is 953. The average Bonchev–Trinajstić information content (AvgIpc) is 2.96. The Kier molecular flexibility index (Phi) is 3.48. The number of nitrogens with one attached hydrogen (secondary N) is 2. The van der Waals surface area contributed by atoms with E-state index in [-0.39, 0.29) is 11.4 Å². The molecule has 0 unspecified atom stereocenters. The normalized spacial score (nSPS) is 15.3. The van der Waals surface area contributed by atoms with Gasteiger partial charge in [0, 0.05) is 18.8 Å². The summed E-state index contributed by atoms with van der Waals surface area (Å²) in [4.78, 5) is 21.5.